The minimum Gasteiger partial charge on any atom is -0.508 e. The Labute approximate surface area is 247 Å². The number of fused-ring (bicyclic) bond motifs is 4. The molecule has 0 aliphatic carbocycles. The Balaban J connectivity index is 1.29. The molecule has 0 saturated carbocycles. The van der Waals surface area contributed by atoms with Gasteiger partial charge in [0.1, 0.15) is 17.0 Å². The number of halogens is 2. The van der Waals surface area contributed by atoms with E-state index >= 15 is 0 Å². The van der Waals surface area contributed by atoms with Crippen LogP contribution in [0, 0.1) is 0 Å². The molecule has 0 spiro atoms. The summed E-state index contributed by atoms with van der Waals surface area (Å²) in [5.74, 6) is -0.120. The molecule has 4 heterocycles. The van der Waals surface area contributed by atoms with Gasteiger partial charge in [-0.2, -0.15) is 8.78 Å². The molecule has 43 heavy (non-hydrogen) atoms. The van der Waals surface area contributed by atoms with Crippen LogP contribution in [0.15, 0.2) is 42.5 Å². The molecule has 3 aliphatic heterocycles. The van der Waals surface area contributed by atoms with Crippen LogP contribution in [-0.4, -0.2) is 99.0 Å². The van der Waals surface area contributed by atoms with E-state index in [4.69, 9.17) is 0 Å². The van der Waals surface area contributed by atoms with Gasteiger partial charge in [-0.3, -0.25) is 19.4 Å². The fourth-order valence-corrected chi connectivity index (χ4v) is 6.87. The molecule has 2 saturated heterocycles. The third-order valence-electron chi connectivity index (χ3n) is 8.99. The molecule has 4 amide bonds. The Hall–Kier alpha value is -4.19. The van der Waals surface area contributed by atoms with Gasteiger partial charge in [0.25, 0.3) is 5.91 Å². The van der Waals surface area contributed by atoms with Crippen LogP contribution in [0.1, 0.15) is 43.1 Å². The number of phenolic OH excluding ortho intramolecular Hbond substituents is 1. The van der Waals surface area contributed by atoms with Crippen molar-refractivity contribution in [2.45, 2.75) is 51.3 Å². The largest absolute Gasteiger partial charge is 0.508 e. The van der Waals surface area contributed by atoms with E-state index < -0.39 is 18.2 Å². The SMILES string of the molecule is CC(=O)N1CCN(CCCN2C(=O)N3C(Cc4cccc(O)c4)c4[nH]c5ccc(OC(F)F)cc5c4C[C@@]3(C)C2=O)CC1. The van der Waals surface area contributed by atoms with E-state index in [1.165, 1.54) is 11.0 Å². The highest BCUT2D eigenvalue weighted by Crippen LogP contribution is 2.48. The Morgan fingerprint density at radius 1 is 1.12 bits per heavy atom. The molecule has 3 aromatic rings. The molecule has 2 fully saturated rings. The van der Waals surface area contributed by atoms with Gasteiger partial charge in [0.05, 0.1) is 6.04 Å². The summed E-state index contributed by atoms with van der Waals surface area (Å²) >= 11 is 0. The molecular weight excluding hydrogens is 560 g/mol. The first-order valence-corrected chi connectivity index (χ1v) is 14.6. The van der Waals surface area contributed by atoms with Crippen LogP contribution in [0.3, 0.4) is 0 Å². The Kier molecular flexibility index (Phi) is 7.49. The number of hydrogen-bond acceptors (Lipinski definition) is 6. The quantitative estimate of drug-likeness (QED) is 0.383. The number of piperazine rings is 1. The summed E-state index contributed by atoms with van der Waals surface area (Å²) < 4.78 is 30.7. The van der Waals surface area contributed by atoms with Crippen molar-refractivity contribution >= 4 is 28.7 Å². The van der Waals surface area contributed by atoms with Gasteiger partial charge in [-0.15, -0.1) is 0 Å². The molecule has 2 atom stereocenters. The smallest absolute Gasteiger partial charge is 0.387 e. The van der Waals surface area contributed by atoms with Crippen molar-refractivity contribution in [3.8, 4) is 11.5 Å². The second-order valence-electron chi connectivity index (χ2n) is 11.8. The van der Waals surface area contributed by atoms with Gasteiger partial charge in [0, 0.05) is 62.7 Å². The van der Waals surface area contributed by atoms with Gasteiger partial charge in [-0.25, -0.2) is 4.79 Å². The lowest BCUT2D eigenvalue weighted by atomic mass is 9.81. The van der Waals surface area contributed by atoms with Crippen LogP contribution >= 0.6 is 0 Å². The highest BCUT2D eigenvalue weighted by molar-refractivity contribution is 6.08. The summed E-state index contributed by atoms with van der Waals surface area (Å²) in [5, 5.41) is 10.8. The van der Waals surface area contributed by atoms with Crippen molar-refractivity contribution in [1.29, 1.82) is 0 Å². The molecule has 12 heteroatoms. The van der Waals surface area contributed by atoms with Crippen LogP contribution in [-0.2, 0) is 22.4 Å². The zero-order valence-electron chi connectivity index (χ0n) is 24.2. The van der Waals surface area contributed by atoms with Gasteiger partial charge in [0.15, 0.2) is 0 Å². The minimum atomic E-state index is -2.97. The summed E-state index contributed by atoms with van der Waals surface area (Å²) in [4.78, 5) is 50.1. The van der Waals surface area contributed by atoms with Crippen molar-refractivity contribution in [2.24, 2.45) is 0 Å². The number of carbonyl (C=O) groups excluding carboxylic acids is 3. The number of urea groups is 1. The van der Waals surface area contributed by atoms with Gasteiger partial charge >= 0.3 is 12.6 Å². The lowest BCUT2D eigenvalue weighted by Gasteiger charge is -2.42. The molecule has 2 N–H and O–H groups in total. The van der Waals surface area contributed by atoms with E-state index in [1.54, 1.807) is 49.1 Å². The monoisotopic (exact) mass is 595 g/mol. The topological polar surface area (TPSA) is 109 Å². The summed E-state index contributed by atoms with van der Waals surface area (Å²) in [5.41, 5.74) is 1.80. The van der Waals surface area contributed by atoms with Crippen LogP contribution in [0.4, 0.5) is 13.6 Å². The maximum absolute atomic E-state index is 14.0. The summed E-state index contributed by atoms with van der Waals surface area (Å²) in [6.45, 7) is 4.14. The Bertz CT molecular complexity index is 1570. The van der Waals surface area contributed by atoms with Crippen LogP contribution in [0.5, 0.6) is 11.5 Å². The van der Waals surface area contributed by atoms with Crippen LogP contribution in [0.2, 0.25) is 0 Å². The van der Waals surface area contributed by atoms with Gasteiger partial charge in [-0.05, 0) is 67.8 Å². The van der Waals surface area contributed by atoms with E-state index in [0.29, 0.717) is 43.4 Å². The zero-order valence-corrected chi connectivity index (χ0v) is 24.2. The predicted molar refractivity (Wildman–Crippen MR) is 154 cm³/mol. The fraction of sp³-hybridized carbons (Fsp3) is 0.452. The number of nitrogens with one attached hydrogen (secondary N) is 1. The first kappa shape index (κ1) is 28.9. The lowest BCUT2D eigenvalue weighted by molar-refractivity contribution is -0.134. The molecule has 0 radical (unpaired) electrons. The number of alkyl halides is 2. The standard InChI is InChI=1S/C31H35F2N5O5/c1-19(39)36-13-11-35(12-14-36)9-4-10-37-28(41)31(2)18-24-23-17-22(43-29(32)33)7-8-25(23)34-27(24)26(38(31)30(37)42)16-20-5-3-6-21(40)15-20/h3,5-8,15,17,26,29,34,40H,4,9-14,16,18H2,1-2H3/t26?,31-/m0/s1. The molecule has 10 nitrogen and oxygen atoms in total. The first-order valence-electron chi connectivity index (χ1n) is 14.6. The van der Waals surface area contributed by atoms with E-state index in [2.05, 4.69) is 14.6 Å². The first-order chi connectivity index (χ1) is 20.5. The number of aromatic nitrogens is 1. The number of amides is 4. The summed E-state index contributed by atoms with van der Waals surface area (Å²) in [6, 6.07) is 10.5. The van der Waals surface area contributed by atoms with Crippen LogP contribution in [0.25, 0.3) is 10.9 Å². The van der Waals surface area contributed by atoms with Crippen molar-refractivity contribution in [3.63, 3.8) is 0 Å². The molecular formula is C31H35F2N5O5. The zero-order chi connectivity index (χ0) is 30.5. The third-order valence-corrected chi connectivity index (χ3v) is 8.99. The number of H-pyrrole nitrogens is 1. The van der Waals surface area contributed by atoms with Crippen LogP contribution < -0.4 is 4.74 Å². The molecule has 1 aromatic heterocycles. The average molecular weight is 596 g/mol. The number of aromatic hydroxyl groups is 1. The average Bonchev–Trinajstić information content (AvgIpc) is 3.40. The number of phenols is 1. The molecule has 2 aromatic carbocycles. The van der Waals surface area contributed by atoms with Gasteiger partial charge in [0.2, 0.25) is 5.91 Å². The molecule has 1 unspecified atom stereocenters. The number of benzene rings is 2. The second-order valence-corrected chi connectivity index (χ2v) is 11.8. The highest BCUT2D eigenvalue weighted by Gasteiger charge is 2.59. The predicted octanol–water partition coefficient (Wildman–Crippen LogP) is 3.89. The van der Waals surface area contributed by atoms with E-state index in [9.17, 15) is 28.3 Å². The maximum Gasteiger partial charge on any atom is 0.387 e. The van der Waals surface area contributed by atoms with Crippen molar-refractivity contribution in [1.82, 2.24) is 24.6 Å². The van der Waals surface area contributed by atoms with Crippen molar-refractivity contribution < 1.29 is 33.0 Å². The molecule has 6 rings (SSSR count). The lowest BCUT2D eigenvalue weighted by Crippen LogP contribution is -2.53. The minimum absolute atomic E-state index is 0.0148. The number of imide groups is 1. The number of nitrogens with zero attached hydrogens (tertiary/aromatic N) is 4. The highest BCUT2D eigenvalue weighted by atomic mass is 19.3. The van der Waals surface area contributed by atoms with E-state index in [1.807, 2.05) is 11.0 Å². The number of ether oxygens (including phenoxy) is 1. The summed E-state index contributed by atoms with van der Waals surface area (Å²) in [6.07, 6.45) is 1.14. The number of hydrogen-bond donors (Lipinski definition) is 2. The Morgan fingerprint density at radius 3 is 2.58 bits per heavy atom. The van der Waals surface area contributed by atoms with Crippen molar-refractivity contribution in [2.75, 3.05) is 39.3 Å². The van der Waals surface area contributed by atoms with E-state index in [-0.39, 0.29) is 42.3 Å². The normalized spacial score (nSPS) is 22.4. The number of aromatic amines is 1. The van der Waals surface area contributed by atoms with Gasteiger partial charge < -0.3 is 24.6 Å². The molecule has 228 valence electrons. The molecule has 0 bridgehead atoms. The number of rotatable bonds is 8. The molecule has 3 aliphatic rings. The Morgan fingerprint density at radius 2 is 1.88 bits per heavy atom. The third kappa shape index (κ3) is 5.28. The second kappa shape index (κ2) is 11.1. The summed E-state index contributed by atoms with van der Waals surface area (Å²) in [7, 11) is 0. The number of carbonyl (C=O) groups is 3. The van der Waals surface area contributed by atoms with Gasteiger partial charge in [-0.1, -0.05) is 12.1 Å². The van der Waals surface area contributed by atoms with Crippen molar-refractivity contribution in [3.05, 3.63) is 59.3 Å². The van der Waals surface area contributed by atoms with E-state index in [0.717, 1.165) is 29.9 Å². The fourth-order valence-electron chi connectivity index (χ4n) is 6.87. The maximum atomic E-state index is 14.0.